The first-order valence-electron chi connectivity index (χ1n) is 6.57. The normalized spacial score (nSPS) is 20.4. The van der Waals surface area contributed by atoms with Crippen LogP contribution in [0.3, 0.4) is 0 Å². The maximum absolute atomic E-state index is 9.40. The molecule has 0 amide bonds. The molecule has 0 radical (unpaired) electrons. The van der Waals surface area contributed by atoms with Crippen LogP contribution in [0, 0.1) is 0 Å². The number of rotatable bonds is 6. The van der Waals surface area contributed by atoms with Gasteiger partial charge in [0.25, 0.3) is 0 Å². The van der Waals surface area contributed by atoms with E-state index >= 15 is 0 Å². The zero-order chi connectivity index (χ0) is 12.6. The van der Waals surface area contributed by atoms with E-state index in [0.717, 1.165) is 25.8 Å². The SMILES string of the molecule is OCC(Cc1ccccc1)NCC1CCC=CO1. The molecule has 0 spiro atoms. The number of allylic oxidation sites excluding steroid dienone is 1. The van der Waals surface area contributed by atoms with Gasteiger partial charge in [0.1, 0.15) is 6.10 Å². The molecule has 3 nitrogen and oxygen atoms in total. The molecule has 1 aromatic carbocycles. The molecule has 1 aliphatic heterocycles. The first-order valence-corrected chi connectivity index (χ1v) is 6.57. The highest BCUT2D eigenvalue weighted by molar-refractivity contribution is 5.15. The van der Waals surface area contributed by atoms with E-state index in [-0.39, 0.29) is 18.8 Å². The van der Waals surface area contributed by atoms with Gasteiger partial charge in [-0.1, -0.05) is 30.3 Å². The maximum Gasteiger partial charge on any atom is 0.110 e. The summed E-state index contributed by atoms with van der Waals surface area (Å²) in [6, 6.07) is 10.3. The fraction of sp³-hybridized carbons (Fsp3) is 0.467. The Kier molecular flexibility index (Phi) is 5.24. The number of aliphatic hydroxyl groups excluding tert-OH is 1. The summed E-state index contributed by atoms with van der Waals surface area (Å²) in [4.78, 5) is 0. The molecular weight excluding hydrogens is 226 g/mol. The average Bonchev–Trinajstić information content (AvgIpc) is 2.45. The fourth-order valence-electron chi connectivity index (χ4n) is 2.13. The van der Waals surface area contributed by atoms with Crippen LogP contribution in [-0.2, 0) is 11.2 Å². The van der Waals surface area contributed by atoms with Crippen LogP contribution in [0.2, 0.25) is 0 Å². The summed E-state index contributed by atoms with van der Waals surface area (Å²) in [6.07, 6.45) is 7.03. The summed E-state index contributed by atoms with van der Waals surface area (Å²) in [7, 11) is 0. The Balaban J connectivity index is 1.77. The van der Waals surface area contributed by atoms with Gasteiger partial charge in [-0.3, -0.25) is 0 Å². The van der Waals surface area contributed by atoms with Gasteiger partial charge in [-0.25, -0.2) is 0 Å². The summed E-state index contributed by atoms with van der Waals surface area (Å²) in [5.41, 5.74) is 1.24. The number of ether oxygens (including phenoxy) is 1. The molecule has 2 N–H and O–H groups in total. The largest absolute Gasteiger partial charge is 0.497 e. The van der Waals surface area contributed by atoms with Gasteiger partial charge in [-0.15, -0.1) is 0 Å². The highest BCUT2D eigenvalue weighted by Crippen LogP contribution is 2.10. The minimum atomic E-state index is 0.0990. The second-order valence-corrected chi connectivity index (χ2v) is 4.68. The van der Waals surface area contributed by atoms with Crippen molar-refractivity contribution >= 4 is 0 Å². The van der Waals surface area contributed by atoms with Crippen molar-refractivity contribution in [3.8, 4) is 0 Å². The van der Waals surface area contributed by atoms with Gasteiger partial charge in [0.15, 0.2) is 0 Å². The van der Waals surface area contributed by atoms with E-state index in [2.05, 4.69) is 17.4 Å². The fourth-order valence-corrected chi connectivity index (χ4v) is 2.13. The molecular formula is C15H21NO2. The summed E-state index contributed by atoms with van der Waals surface area (Å²) < 4.78 is 5.50. The van der Waals surface area contributed by atoms with Gasteiger partial charge in [0, 0.05) is 12.6 Å². The Morgan fingerprint density at radius 2 is 2.17 bits per heavy atom. The van der Waals surface area contributed by atoms with E-state index in [1.807, 2.05) is 24.3 Å². The van der Waals surface area contributed by atoms with Crippen molar-refractivity contribution in [1.82, 2.24) is 5.32 Å². The van der Waals surface area contributed by atoms with E-state index in [9.17, 15) is 5.11 Å². The molecule has 0 fully saturated rings. The van der Waals surface area contributed by atoms with Crippen molar-refractivity contribution in [2.45, 2.75) is 31.4 Å². The lowest BCUT2D eigenvalue weighted by molar-refractivity contribution is 0.114. The van der Waals surface area contributed by atoms with Gasteiger partial charge in [0.2, 0.25) is 0 Å². The second-order valence-electron chi connectivity index (χ2n) is 4.68. The zero-order valence-electron chi connectivity index (χ0n) is 10.6. The smallest absolute Gasteiger partial charge is 0.110 e. The average molecular weight is 247 g/mol. The van der Waals surface area contributed by atoms with Crippen LogP contribution >= 0.6 is 0 Å². The molecule has 0 bridgehead atoms. The monoisotopic (exact) mass is 247 g/mol. The Bertz CT molecular complexity index is 364. The van der Waals surface area contributed by atoms with E-state index < -0.39 is 0 Å². The predicted octanol–water partition coefficient (Wildman–Crippen LogP) is 1.87. The van der Waals surface area contributed by atoms with Crippen molar-refractivity contribution in [3.05, 3.63) is 48.2 Å². The molecule has 0 aromatic heterocycles. The quantitative estimate of drug-likeness (QED) is 0.806. The summed E-state index contributed by atoms with van der Waals surface area (Å²) >= 11 is 0. The molecule has 1 aliphatic rings. The highest BCUT2D eigenvalue weighted by atomic mass is 16.5. The molecule has 2 rings (SSSR count). The van der Waals surface area contributed by atoms with E-state index in [0.29, 0.717) is 0 Å². The summed E-state index contributed by atoms with van der Waals surface area (Å²) in [5, 5.41) is 12.8. The van der Waals surface area contributed by atoms with Crippen molar-refractivity contribution in [2.24, 2.45) is 0 Å². The third-order valence-electron chi connectivity index (χ3n) is 3.20. The Morgan fingerprint density at radius 3 is 2.83 bits per heavy atom. The Morgan fingerprint density at radius 1 is 1.33 bits per heavy atom. The van der Waals surface area contributed by atoms with Crippen LogP contribution in [0.5, 0.6) is 0 Å². The van der Waals surface area contributed by atoms with Crippen LogP contribution in [0.25, 0.3) is 0 Å². The highest BCUT2D eigenvalue weighted by Gasteiger charge is 2.14. The first kappa shape index (κ1) is 13.1. The van der Waals surface area contributed by atoms with Crippen LogP contribution < -0.4 is 5.32 Å². The Hall–Kier alpha value is -1.32. The van der Waals surface area contributed by atoms with Crippen molar-refractivity contribution in [1.29, 1.82) is 0 Å². The van der Waals surface area contributed by atoms with Gasteiger partial charge >= 0.3 is 0 Å². The van der Waals surface area contributed by atoms with Crippen molar-refractivity contribution in [2.75, 3.05) is 13.2 Å². The van der Waals surface area contributed by atoms with Gasteiger partial charge in [-0.05, 0) is 30.9 Å². The van der Waals surface area contributed by atoms with Gasteiger partial charge in [-0.2, -0.15) is 0 Å². The number of benzene rings is 1. The minimum Gasteiger partial charge on any atom is -0.497 e. The third kappa shape index (κ3) is 4.17. The molecule has 18 heavy (non-hydrogen) atoms. The lowest BCUT2D eigenvalue weighted by Crippen LogP contribution is -2.40. The molecule has 0 saturated heterocycles. The maximum atomic E-state index is 9.40. The molecule has 2 unspecified atom stereocenters. The molecule has 2 atom stereocenters. The number of aliphatic hydroxyl groups is 1. The Labute approximate surface area is 108 Å². The predicted molar refractivity (Wildman–Crippen MR) is 72.3 cm³/mol. The lowest BCUT2D eigenvalue weighted by atomic mass is 10.1. The number of hydrogen-bond acceptors (Lipinski definition) is 3. The third-order valence-corrected chi connectivity index (χ3v) is 3.20. The minimum absolute atomic E-state index is 0.0990. The van der Waals surface area contributed by atoms with E-state index in [1.165, 1.54) is 5.56 Å². The van der Waals surface area contributed by atoms with E-state index in [1.54, 1.807) is 6.26 Å². The molecule has 3 heteroatoms. The molecule has 1 heterocycles. The number of hydrogen-bond donors (Lipinski definition) is 2. The summed E-state index contributed by atoms with van der Waals surface area (Å²) in [6.45, 7) is 0.944. The van der Waals surface area contributed by atoms with Crippen LogP contribution in [0.4, 0.5) is 0 Å². The van der Waals surface area contributed by atoms with Crippen LogP contribution in [-0.4, -0.2) is 30.4 Å². The second kappa shape index (κ2) is 7.19. The van der Waals surface area contributed by atoms with E-state index in [4.69, 9.17) is 4.74 Å². The molecule has 0 saturated carbocycles. The standard InChI is InChI=1S/C15H21NO2/c17-12-14(10-13-6-2-1-3-7-13)16-11-15-8-4-5-9-18-15/h1-3,5-7,9,14-17H,4,8,10-12H2. The lowest BCUT2D eigenvalue weighted by Gasteiger charge is -2.23. The van der Waals surface area contributed by atoms with Crippen molar-refractivity contribution < 1.29 is 9.84 Å². The van der Waals surface area contributed by atoms with Gasteiger partial charge < -0.3 is 15.2 Å². The van der Waals surface area contributed by atoms with Gasteiger partial charge in [0.05, 0.1) is 12.9 Å². The molecule has 0 aliphatic carbocycles. The van der Waals surface area contributed by atoms with Crippen LogP contribution in [0.15, 0.2) is 42.7 Å². The zero-order valence-corrected chi connectivity index (χ0v) is 10.6. The molecule has 1 aromatic rings. The topological polar surface area (TPSA) is 41.5 Å². The molecule has 98 valence electrons. The van der Waals surface area contributed by atoms with Crippen LogP contribution in [0.1, 0.15) is 18.4 Å². The number of nitrogens with one attached hydrogen (secondary N) is 1. The summed E-state index contributed by atoms with van der Waals surface area (Å²) in [5.74, 6) is 0. The first-order chi connectivity index (χ1) is 8.88. The van der Waals surface area contributed by atoms with Crippen molar-refractivity contribution in [3.63, 3.8) is 0 Å².